The highest BCUT2D eigenvalue weighted by Crippen LogP contribution is 2.31. The second-order valence-corrected chi connectivity index (χ2v) is 5.37. The van der Waals surface area contributed by atoms with Crippen molar-refractivity contribution in [2.24, 2.45) is 18.9 Å². The van der Waals surface area contributed by atoms with Crippen molar-refractivity contribution < 1.29 is 0 Å². The molecule has 0 saturated heterocycles. The number of hydrogen-bond donors (Lipinski definition) is 2. The van der Waals surface area contributed by atoms with Gasteiger partial charge in [0.15, 0.2) is 5.82 Å². The fraction of sp³-hybridized carbons (Fsp3) is 0.750. The Morgan fingerprint density at radius 3 is 2.44 bits per heavy atom. The van der Waals surface area contributed by atoms with Crippen LogP contribution in [0, 0.1) is 11.8 Å². The van der Waals surface area contributed by atoms with Gasteiger partial charge in [0.1, 0.15) is 0 Å². The van der Waals surface area contributed by atoms with Gasteiger partial charge in [0.2, 0.25) is 0 Å². The summed E-state index contributed by atoms with van der Waals surface area (Å²) in [5, 5.41) is 7.81. The molecule has 1 aliphatic rings. The molecule has 0 bridgehead atoms. The first-order chi connectivity index (χ1) is 7.54. The molecule has 1 aromatic heterocycles. The van der Waals surface area contributed by atoms with E-state index in [2.05, 4.69) is 24.3 Å². The normalized spacial score (nSPS) is 30.3. The zero-order chi connectivity index (χ0) is 11.7. The quantitative estimate of drug-likeness (QED) is 0.807. The third kappa shape index (κ3) is 2.49. The number of aryl methyl sites for hydroxylation is 1. The molecule has 4 nitrogen and oxygen atoms in total. The zero-order valence-electron chi connectivity index (χ0n) is 10.4. The van der Waals surface area contributed by atoms with E-state index < -0.39 is 0 Å². The van der Waals surface area contributed by atoms with E-state index in [-0.39, 0.29) is 0 Å². The van der Waals surface area contributed by atoms with Crippen LogP contribution in [0.15, 0.2) is 6.20 Å². The van der Waals surface area contributed by atoms with Crippen molar-refractivity contribution >= 4 is 11.5 Å². The Bertz CT molecular complexity index is 348. The van der Waals surface area contributed by atoms with Crippen LogP contribution in [0.5, 0.6) is 0 Å². The lowest BCUT2D eigenvalue weighted by atomic mass is 9.80. The topological polar surface area (TPSA) is 55.9 Å². The van der Waals surface area contributed by atoms with E-state index in [0.29, 0.717) is 6.04 Å². The molecule has 90 valence electrons. The first-order valence-electron chi connectivity index (χ1n) is 6.10. The second-order valence-electron chi connectivity index (χ2n) is 5.37. The van der Waals surface area contributed by atoms with E-state index in [0.717, 1.165) is 23.3 Å². The highest BCUT2D eigenvalue weighted by molar-refractivity contribution is 5.60. The molecule has 3 N–H and O–H groups in total. The number of nitrogen functional groups attached to an aromatic ring is 1. The van der Waals surface area contributed by atoms with Gasteiger partial charge in [-0.3, -0.25) is 4.68 Å². The van der Waals surface area contributed by atoms with Crippen LogP contribution in [-0.2, 0) is 7.05 Å². The van der Waals surface area contributed by atoms with Crippen molar-refractivity contribution in [3.05, 3.63) is 6.20 Å². The van der Waals surface area contributed by atoms with E-state index in [9.17, 15) is 0 Å². The lowest BCUT2D eigenvalue weighted by Crippen LogP contribution is -2.30. The molecule has 0 spiro atoms. The summed E-state index contributed by atoms with van der Waals surface area (Å²) in [5.74, 6) is 2.44. The van der Waals surface area contributed by atoms with Gasteiger partial charge >= 0.3 is 0 Å². The lowest BCUT2D eigenvalue weighted by Gasteiger charge is -2.32. The monoisotopic (exact) mass is 222 g/mol. The molecule has 4 heteroatoms. The SMILES string of the molecule is CC1CC(C)CC(Nc2nn(C)cc2N)C1. The van der Waals surface area contributed by atoms with Crippen LogP contribution < -0.4 is 11.1 Å². The van der Waals surface area contributed by atoms with Crippen LogP contribution in [0.4, 0.5) is 11.5 Å². The molecular formula is C12H22N4. The Kier molecular flexibility index (Phi) is 3.08. The largest absolute Gasteiger partial charge is 0.394 e. The Hall–Kier alpha value is -1.19. The summed E-state index contributed by atoms with van der Waals surface area (Å²) in [7, 11) is 1.90. The van der Waals surface area contributed by atoms with Crippen molar-refractivity contribution in [1.29, 1.82) is 0 Å². The maximum atomic E-state index is 5.88. The van der Waals surface area contributed by atoms with Crippen LogP contribution >= 0.6 is 0 Å². The van der Waals surface area contributed by atoms with Crippen molar-refractivity contribution in [3.8, 4) is 0 Å². The molecule has 1 aliphatic carbocycles. The van der Waals surface area contributed by atoms with Crippen molar-refractivity contribution in [2.45, 2.75) is 39.2 Å². The molecule has 1 aromatic rings. The molecule has 0 aromatic carbocycles. The van der Waals surface area contributed by atoms with Gasteiger partial charge in [-0.25, -0.2) is 0 Å². The average Bonchev–Trinajstić information content (AvgIpc) is 2.43. The molecule has 2 rings (SSSR count). The summed E-state index contributed by atoms with van der Waals surface area (Å²) in [5.41, 5.74) is 6.63. The van der Waals surface area contributed by atoms with Crippen molar-refractivity contribution in [1.82, 2.24) is 9.78 Å². The number of anilines is 2. The van der Waals surface area contributed by atoms with E-state index in [1.165, 1.54) is 19.3 Å². The van der Waals surface area contributed by atoms with Crippen LogP contribution in [0.1, 0.15) is 33.1 Å². The van der Waals surface area contributed by atoms with Gasteiger partial charge in [0.05, 0.1) is 5.69 Å². The Balaban J connectivity index is 2.01. The smallest absolute Gasteiger partial charge is 0.171 e. The van der Waals surface area contributed by atoms with Gasteiger partial charge in [-0.2, -0.15) is 5.10 Å². The standard InChI is InChI=1S/C12H22N4/c1-8-4-9(2)6-10(5-8)14-12-11(13)7-16(3)15-12/h7-10H,4-6,13H2,1-3H3,(H,14,15). The molecule has 0 amide bonds. The van der Waals surface area contributed by atoms with Gasteiger partial charge < -0.3 is 11.1 Å². The molecule has 0 radical (unpaired) electrons. The minimum Gasteiger partial charge on any atom is -0.394 e. The highest BCUT2D eigenvalue weighted by atomic mass is 15.3. The minimum absolute atomic E-state index is 0.524. The molecule has 16 heavy (non-hydrogen) atoms. The zero-order valence-corrected chi connectivity index (χ0v) is 10.4. The fourth-order valence-electron chi connectivity index (χ4n) is 2.88. The van der Waals surface area contributed by atoms with E-state index >= 15 is 0 Å². The number of nitrogens with two attached hydrogens (primary N) is 1. The van der Waals surface area contributed by atoms with Crippen LogP contribution in [0.25, 0.3) is 0 Å². The lowest BCUT2D eigenvalue weighted by molar-refractivity contribution is 0.280. The van der Waals surface area contributed by atoms with E-state index in [1.807, 2.05) is 13.2 Å². The summed E-state index contributed by atoms with van der Waals surface area (Å²) in [6, 6.07) is 0.524. The Labute approximate surface area is 97.2 Å². The first-order valence-corrected chi connectivity index (χ1v) is 6.10. The van der Waals surface area contributed by atoms with E-state index in [1.54, 1.807) is 4.68 Å². The number of hydrogen-bond acceptors (Lipinski definition) is 3. The summed E-state index contributed by atoms with van der Waals surface area (Å²) in [4.78, 5) is 0. The highest BCUT2D eigenvalue weighted by Gasteiger charge is 2.24. The van der Waals surface area contributed by atoms with Crippen LogP contribution in [0.2, 0.25) is 0 Å². The number of rotatable bonds is 2. The van der Waals surface area contributed by atoms with E-state index in [4.69, 9.17) is 5.73 Å². The molecule has 2 atom stereocenters. The average molecular weight is 222 g/mol. The number of nitrogens with zero attached hydrogens (tertiary/aromatic N) is 2. The van der Waals surface area contributed by atoms with Crippen LogP contribution in [0.3, 0.4) is 0 Å². The van der Waals surface area contributed by atoms with Gasteiger partial charge in [-0.15, -0.1) is 0 Å². The summed E-state index contributed by atoms with van der Waals surface area (Å²) >= 11 is 0. The van der Waals surface area contributed by atoms with Gasteiger partial charge in [-0.05, 0) is 31.1 Å². The summed E-state index contributed by atoms with van der Waals surface area (Å²) in [6.45, 7) is 4.65. The third-order valence-corrected chi connectivity index (χ3v) is 3.38. The fourth-order valence-corrected chi connectivity index (χ4v) is 2.88. The van der Waals surface area contributed by atoms with Gasteiger partial charge in [-0.1, -0.05) is 13.8 Å². The predicted octanol–water partition coefficient (Wildman–Crippen LogP) is 2.24. The predicted molar refractivity (Wildman–Crippen MR) is 67.2 cm³/mol. The number of aromatic nitrogens is 2. The van der Waals surface area contributed by atoms with Gasteiger partial charge in [0, 0.05) is 19.3 Å². The molecule has 1 heterocycles. The Morgan fingerprint density at radius 1 is 1.31 bits per heavy atom. The molecule has 1 saturated carbocycles. The number of nitrogens with one attached hydrogen (secondary N) is 1. The maximum absolute atomic E-state index is 5.88. The third-order valence-electron chi connectivity index (χ3n) is 3.38. The van der Waals surface area contributed by atoms with Crippen LogP contribution in [-0.4, -0.2) is 15.8 Å². The Morgan fingerprint density at radius 2 is 1.94 bits per heavy atom. The molecular weight excluding hydrogens is 200 g/mol. The molecule has 2 unspecified atom stereocenters. The maximum Gasteiger partial charge on any atom is 0.171 e. The molecule has 0 aliphatic heterocycles. The molecule has 1 fully saturated rings. The minimum atomic E-state index is 0.524. The first kappa shape index (κ1) is 11.3. The van der Waals surface area contributed by atoms with Gasteiger partial charge in [0.25, 0.3) is 0 Å². The van der Waals surface area contributed by atoms with Crippen molar-refractivity contribution in [2.75, 3.05) is 11.1 Å². The summed E-state index contributed by atoms with van der Waals surface area (Å²) in [6.07, 6.45) is 5.63. The second kappa shape index (κ2) is 4.36. The summed E-state index contributed by atoms with van der Waals surface area (Å²) < 4.78 is 1.76. The van der Waals surface area contributed by atoms with Crippen molar-refractivity contribution in [3.63, 3.8) is 0 Å².